The Hall–Kier alpha value is -2.90. The molecule has 4 nitrogen and oxygen atoms in total. The van der Waals surface area contributed by atoms with Crippen LogP contribution in [0.2, 0.25) is 5.02 Å². The lowest BCUT2D eigenvalue weighted by Gasteiger charge is -2.34. The fraction of sp³-hybridized carbons (Fsp3) is 0.310. The third-order valence-electron chi connectivity index (χ3n) is 5.57. The molecule has 0 aromatic heterocycles. The molecule has 0 saturated carbocycles. The molecule has 8 heteroatoms. The molecule has 196 valence electrons. The highest BCUT2D eigenvalue weighted by molar-refractivity contribution is 7.99. The highest BCUT2D eigenvalue weighted by Crippen LogP contribution is 2.25. The lowest BCUT2D eigenvalue weighted by atomic mass is 10.0. The van der Waals surface area contributed by atoms with E-state index in [1.54, 1.807) is 18.2 Å². The van der Waals surface area contributed by atoms with Gasteiger partial charge in [0.2, 0.25) is 11.8 Å². The van der Waals surface area contributed by atoms with Gasteiger partial charge in [-0.15, -0.1) is 11.8 Å². The standard InChI is InChI=1S/C29H31ClF2N2O2S/c1-29(2,3)33-28(36)26(16-20-8-5-4-6-9-20)34(17-21-12-14-22(31)15-13-21)27(35)19-37-18-23-24(30)10-7-11-25(23)32/h4-15,26H,16-19H2,1-3H3,(H,33,36). The lowest BCUT2D eigenvalue weighted by molar-refractivity contribution is -0.140. The second-order valence-corrected chi connectivity index (χ2v) is 11.2. The molecule has 3 aromatic carbocycles. The highest BCUT2D eigenvalue weighted by Gasteiger charge is 2.32. The van der Waals surface area contributed by atoms with Crippen LogP contribution in [0, 0.1) is 11.6 Å². The van der Waals surface area contributed by atoms with Gasteiger partial charge in [-0.25, -0.2) is 8.78 Å². The number of hydrogen-bond acceptors (Lipinski definition) is 3. The van der Waals surface area contributed by atoms with Gasteiger partial charge in [0.05, 0.1) is 5.75 Å². The largest absolute Gasteiger partial charge is 0.350 e. The van der Waals surface area contributed by atoms with Gasteiger partial charge in [-0.3, -0.25) is 9.59 Å². The summed E-state index contributed by atoms with van der Waals surface area (Å²) in [7, 11) is 0. The normalized spacial score (nSPS) is 12.2. The zero-order valence-corrected chi connectivity index (χ0v) is 22.7. The Morgan fingerprint density at radius 1 is 0.946 bits per heavy atom. The number of benzene rings is 3. The Bertz CT molecular complexity index is 1180. The molecule has 1 atom stereocenters. The fourth-order valence-electron chi connectivity index (χ4n) is 3.79. The van der Waals surface area contributed by atoms with E-state index in [9.17, 15) is 18.4 Å². The van der Waals surface area contributed by atoms with Crippen molar-refractivity contribution in [1.82, 2.24) is 10.2 Å². The van der Waals surface area contributed by atoms with Crippen molar-refractivity contribution in [3.05, 3.63) is 106 Å². The average Bonchev–Trinajstić information content (AvgIpc) is 2.83. The van der Waals surface area contributed by atoms with E-state index in [1.807, 2.05) is 51.1 Å². The van der Waals surface area contributed by atoms with Crippen molar-refractivity contribution in [1.29, 1.82) is 0 Å². The third kappa shape index (κ3) is 8.86. The molecule has 0 heterocycles. The van der Waals surface area contributed by atoms with E-state index in [2.05, 4.69) is 5.32 Å². The van der Waals surface area contributed by atoms with Gasteiger partial charge in [-0.05, 0) is 56.2 Å². The Labute approximate surface area is 226 Å². The first-order valence-electron chi connectivity index (χ1n) is 11.9. The van der Waals surface area contributed by atoms with E-state index >= 15 is 0 Å². The quantitative estimate of drug-likeness (QED) is 0.321. The van der Waals surface area contributed by atoms with E-state index in [1.165, 1.54) is 40.9 Å². The van der Waals surface area contributed by atoms with Crippen molar-refractivity contribution in [3.8, 4) is 0 Å². The Balaban J connectivity index is 1.88. The van der Waals surface area contributed by atoms with Crippen LogP contribution in [0.15, 0.2) is 72.8 Å². The van der Waals surface area contributed by atoms with E-state index in [0.717, 1.165) is 5.56 Å². The summed E-state index contributed by atoms with van der Waals surface area (Å²) in [5, 5.41) is 3.30. The van der Waals surface area contributed by atoms with Crippen LogP contribution in [-0.2, 0) is 28.3 Å². The van der Waals surface area contributed by atoms with Crippen molar-refractivity contribution >= 4 is 35.2 Å². The highest BCUT2D eigenvalue weighted by atomic mass is 35.5. The van der Waals surface area contributed by atoms with Crippen LogP contribution in [0.5, 0.6) is 0 Å². The minimum Gasteiger partial charge on any atom is -0.350 e. The fourth-order valence-corrected chi connectivity index (χ4v) is 5.04. The summed E-state index contributed by atoms with van der Waals surface area (Å²) >= 11 is 7.36. The Morgan fingerprint density at radius 2 is 1.62 bits per heavy atom. The molecular formula is C29H31ClF2N2O2S. The van der Waals surface area contributed by atoms with Crippen LogP contribution in [0.3, 0.4) is 0 Å². The summed E-state index contributed by atoms with van der Waals surface area (Å²) in [6, 6.07) is 19.0. The zero-order chi connectivity index (χ0) is 27.0. The molecular weight excluding hydrogens is 514 g/mol. The van der Waals surface area contributed by atoms with E-state index in [-0.39, 0.29) is 35.7 Å². The predicted octanol–water partition coefficient (Wildman–Crippen LogP) is 6.41. The molecule has 0 aliphatic heterocycles. The second kappa shape index (κ2) is 13.1. The van der Waals surface area contributed by atoms with Gasteiger partial charge in [-0.1, -0.05) is 60.1 Å². The molecule has 0 spiro atoms. The number of carbonyl (C=O) groups excluding carboxylic acids is 2. The molecule has 1 unspecified atom stereocenters. The maximum absolute atomic E-state index is 14.2. The number of hydrogen-bond donors (Lipinski definition) is 1. The average molecular weight is 545 g/mol. The van der Waals surface area contributed by atoms with Gasteiger partial charge in [0.15, 0.2) is 0 Å². The number of nitrogens with zero attached hydrogens (tertiary/aromatic N) is 1. The Morgan fingerprint density at radius 3 is 2.24 bits per heavy atom. The zero-order valence-electron chi connectivity index (χ0n) is 21.1. The Kier molecular flexibility index (Phi) is 10.1. The number of nitrogens with one attached hydrogen (secondary N) is 1. The summed E-state index contributed by atoms with van der Waals surface area (Å²) in [5.74, 6) is -1.16. The molecule has 0 radical (unpaired) electrons. The topological polar surface area (TPSA) is 49.4 Å². The van der Waals surface area contributed by atoms with Crippen molar-refractivity contribution in [3.63, 3.8) is 0 Å². The maximum atomic E-state index is 14.2. The van der Waals surface area contributed by atoms with Crippen LogP contribution in [0.4, 0.5) is 8.78 Å². The van der Waals surface area contributed by atoms with Crippen LogP contribution >= 0.6 is 23.4 Å². The first-order valence-corrected chi connectivity index (χ1v) is 13.5. The minimum absolute atomic E-state index is 0.0138. The lowest BCUT2D eigenvalue weighted by Crippen LogP contribution is -2.54. The van der Waals surface area contributed by atoms with Gasteiger partial charge < -0.3 is 10.2 Å². The van der Waals surface area contributed by atoms with E-state index < -0.39 is 17.4 Å². The number of amides is 2. The summed E-state index contributed by atoms with van der Waals surface area (Å²) in [6.45, 7) is 5.76. The monoisotopic (exact) mass is 544 g/mol. The molecule has 1 N–H and O–H groups in total. The van der Waals surface area contributed by atoms with E-state index in [0.29, 0.717) is 22.6 Å². The predicted molar refractivity (Wildman–Crippen MR) is 146 cm³/mol. The van der Waals surface area contributed by atoms with Gasteiger partial charge in [0.25, 0.3) is 0 Å². The third-order valence-corrected chi connectivity index (χ3v) is 6.87. The van der Waals surface area contributed by atoms with Gasteiger partial charge in [0, 0.05) is 34.8 Å². The summed E-state index contributed by atoms with van der Waals surface area (Å²) in [6.07, 6.45) is 0.305. The summed E-state index contributed by atoms with van der Waals surface area (Å²) < 4.78 is 27.8. The molecule has 0 fully saturated rings. The summed E-state index contributed by atoms with van der Waals surface area (Å²) in [5.41, 5.74) is 1.42. The molecule has 3 rings (SSSR count). The first-order chi connectivity index (χ1) is 17.5. The number of thioether (sulfide) groups is 1. The van der Waals surface area contributed by atoms with Crippen LogP contribution in [-0.4, -0.2) is 34.0 Å². The molecule has 0 bridgehead atoms. The smallest absolute Gasteiger partial charge is 0.243 e. The van der Waals surface area contributed by atoms with E-state index in [4.69, 9.17) is 11.6 Å². The van der Waals surface area contributed by atoms with Crippen LogP contribution < -0.4 is 5.32 Å². The molecule has 37 heavy (non-hydrogen) atoms. The van der Waals surface area contributed by atoms with Crippen molar-refractivity contribution in [2.75, 3.05) is 5.75 Å². The number of halogens is 3. The number of rotatable bonds is 10. The molecule has 0 aliphatic carbocycles. The second-order valence-electron chi connectivity index (χ2n) is 9.79. The first kappa shape index (κ1) is 28.7. The van der Waals surface area contributed by atoms with Crippen molar-refractivity contribution < 1.29 is 18.4 Å². The summed E-state index contributed by atoms with van der Waals surface area (Å²) in [4.78, 5) is 28.6. The molecule has 0 saturated heterocycles. The van der Waals surface area contributed by atoms with Gasteiger partial charge in [0.1, 0.15) is 17.7 Å². The van der Waals surface area contributed by atoms with Gasteiger partial charge in [-0.2, -0.15) is 0 Å². The molecule has 2 amide bonds. The van der Waals surface area contributed by atoms with Crippen molar-refractivity contribution in [2.45, 2.75) is 51.1 Å². The van der Waals surface area contributed by atoms with Crippen LogP contribution in [0.25, 0.3) is 0 Å². The molecule has 0 aliphatic rings. The maximum Gasteiger partial charge on any atom is 0.243 e. The molecule has 3 aromatic rings. The number of carbonyl (C=O) groups is 2. The van der Waals surface area contributed by atoms with Gasteiger partial charge >= 0.3 is 0 Å². The van der Waals surface area contributed by atoms with Crippen molar-refractivity contribution in [2.24, 2.45) is 0 Å². The minimum atomic E-state index is -0.808. The van der Waals surface area contributed by atoms with Crippen LogP contribution in [0.1, 0.15) is 37.5 Å². The SMILES string of the molecule is CC(C)(C)NC(=O)C(Cc1ccccc1)N(Cc1ccc(F)cc1)C(=O)CSCc1c(F)cccc1Cl.